The maximum atomic E-state index is 14.4. The molecule has 2 amide bonds. The molecule has 0 aliphatic carbocycles. The molecular formula is C34H36ClN3O5S2. The number of nitrogens with zero attached hydrogens (tertiary/aromatic N) is 2. The van der Waals surface area contributed by atoms with Crippen molar-refractivity contribution in [3.63, 3.8) is 0 Å². The first-order valence-electron chi connectivity index (χ1n) is 14.4. The minimum atomic E-state index is -4.22. The molecule has 0 aliphatic rings. The molecule has 4 aromatic carbocycles. The zero-order valence-corrected chi connectivity index (χ0v) is 27.7. The van der Waals surface area contributed by atoms with E-state index in [1.54, 1.807) is 60.7 Å². The van der Waals surface area contributed by atoms with Crippen LogP contribution in [0.5, 0.6) is 5.75 Å². The lowest BCUT2D eigenvalue weighted by atomic mass is 10.0. The summed E-state index contributed by atoms with van der Waals surface area (Å²) in [5, 5.41) is 3.10. The molecule has 8 nitrogen and oxygen atoms in total. The predicted molar refractivity (Wildman–Crippen MR) is 180 cm³/mol. The van der Waals surface area contributed by atoms with E-state index in [2.05, 4.69) is 5.32 Å². The highest BCUT2D eigenvalue weighted by Crippen LogP contribution is 2.28. The molecule has 0 saturated heterocycles. The summed E-state index contributed by atoms with van der Waals surface area (Å²) in [6, 6.07) is 28.5. The molecule has 0 aliphatic heterocycles. The third-order valence-corrected chi connectivity index (χ3v) is 10.1. The monoisotopic (exact) mass is 665 g/mol. The molecule has 0 heterocycles. The number of carbonyl (C=O) groups excluding carboxylic acids is 2. The topological polar surface area (TPSA) is 96.0 Å². The van der Waals surface area contributed by atoms with Crippen LogP contribution in [-0.4, -0.2) is 57.6 Å². The first-order chi connectivity index (χ1) is 21.7. The number of likely N-dealkylation sites (N-methyl/N-ethyl adjacent to an activating group) is 1. The maximum absolute atomic E-state index is 14.4. The Morgan fingerprint density at radius 3 is 2.16 bits per heavy atom. The summed E-state index contributed by atoms with van der Waals surface area (Å²) in [5.74, 6) is -0.392. The van der Waals surface area contributed by atoms with Gasteiger partial charge in [-0.3, -0.25) is 13.9 Å². The number of benzene rings is 4. The molecule has 1 unspecified atom stereocenters. The number of rotatable bonds is 14. The Hall–Kier alpha value is -3.99. The summed E-state index contributed by atoms with van der Waals surface area (Å²) >= 11 is 8.00. The van der Waals surface area contributed by atoms with Crippen LogP contribution >= 0.6 is 23.4 Å². The smallest absolute Gasteiger partial charge is 0.264 e. The van der Waals surface area contributed by atoms with Crippen LogP contribution in [0.25, 0.3) is 0 Å². The van der Waals surface area contributed by atoms with Gasteiger partial charge in [0, 0.05) is 29.9 Å². The fourth-order valence-electron chi connectivity index (χ4n) is 4.81. The van der Waals surface area contributed by atoms with Crippen molar-refractivity contribution < 1.29 is 22.7 Å². The highest BCUT2D eigenvalue weighted by Gasteiger charge is 2.34. The molecule has 0 aromatic heterocycles. The van der Waals surface area contributed by atoms with Gasteiger partial charge in [-0.25, -0.2) is 8.42 Å². The standard InChI is InChI=1S/C34H36ClN3O5S2/c1-4-43-28-16-14-27(15-17-28)38(45(41,42)30-20-18-29(44-3)19-21-30)24-33(39)37(23-26-12-8-9-13-31(26)35)32(34(40)36-2)22-25-10-6-5-7-11-25/h5-21,32H,4,22-24H2,1-3H3,(H,36,40). The third-order valence-electron chi connectivity index (χ3n) is 7.18. The summed E-state index contributed by atoms with van der Waals surface area (Å²) < 4.78 is 35.0. The van der Waals surface area contributed by atoms with Gasteiger partial charge in [0.25, 0.3) is 10.0 Å². The van der Waals surface area contributed by atoms with Gasteiger partial charge in [-0.2, -0.15) is 0 Å². The van der Waals surface area contributed by atoms with Gasteiger partial charge in [-0.05, 0) is 78.9 Å². The van der Waals surface area contributed by atoms with Gasteiger partial charge in [-0.1, -0.05) is 60.1 Å². The van der Waals surface area contributed by atoms with E-state index in [1.165, 1.54) is 35.8 Å². The number of hydrogen-bond acceptors (Lipinski definition) is 6. The fraction of sp³-hybridized carbons (Fsp3) is 0.235. The van der Waals surface area contributed by atoms with E-state index in [1.807, 2.05) is 43.5 Å². The van der Waals surface area contributed by atoms with Crippen LogP contribution in [0.1, 0.15) is 18.1 Å². The molecule has 11 heteroatoms. The molecule has 1 atom stereocenters. The summed E-state index contributed by atoms with van der Waals surface area (Å²) in [6.45, 7) is 1.73. The maximum Gasteiger partial charge on any atom is 0.264 e. The first kappa shape index (κ1) is 33.9. The number of ether oxygens (including phenoxy) is 1. The Balaban J connectivity index is 1.79. The normalized spacial score (nSPS) is 11.8. The molecule has 4 aromatic rings. The number of thioether (sulfide) groups is 1. The third kappa shape index (κ3) is 8.59. The van der Waals surface area contributed by atoms with Crippen molar-refractivity contribution in [1.29, 1.82) is 0 Å². The van der Waals surface area contributed by atoms with Gasteiger partial charge in [0.05, 0.1) is 17.2 Å². The van der Waals surface area contributed by atoms with Crippen LogP contribution in [0.15, 0.2) is 113 Å². The van der Waals surface area contributed by atoms with Gasteiger partial charge in [-0.15, -0.1) is 11.8 Å². The summed E-state index contributed by atoms with van der Waals surface area (Å²) in [6.07, 6.45) is 2.11. The van der Waals surface area contributed by atoms with Gasteiger partial charge in [0.1, 0.15) is 18.3 Å². The highest BCUT2D eigenvalue weighted by atomic mass is 35.5. The van der Waals surface area contributed by atoms with Crippen molar-refractivity contribution in [2.24, 2.45) is 0 Å². The van der Waals surface area contributed by atoms with Gasteiger partial charge in [0.2, 0.25) is 11.8 Å². The second-order valence-electron chi connectivity index (χ2n) is 10.0. The Morgan fingerprint density at radius 1 is 0.911 bits per heavy atom. The quantitative estimate of drug-likeness (QED) is 0.165. The fourth-order valence-corrected chi connectivity index (χ4v) is 6.83. The van der Waals surface area contributed by atoms with Crippen molar-refractivity contribution in [2.75, 3.05) is 30.8 Å². The number of carbonyl (C=O) groups is 2. The Morgan fingerprint density at radius 2 is 1.56 bits per heavy atom. The summed E-state index contributed by atoms with van der Waals surface area (Å²) in [7, 11) is -2.71. The molecule has 236 valence electrons. The Labute approximate surface area is 274 Å². The van der Waals surface area contributed by atoms with E-state index in [0.29, 0.717) is 22.9 Å². The molecule has 4 rings (SSSR count). The van der Waals surface area contributed by atoms with Crippen LogP contribution in [0.4, 0.5) is 5.69 Å². The van der Waals surface area contributed by atoms with E-state index >= 15 is 0 Å². The van der Waals surface area contributed by atoms with Gasteiger partial charge in [0.15, 0.2) is 0 Å². The van der Waals surface area contributed by atoms with Gasteiger partial charge >= 0.3 is 0 Å². The first-order valence-corrected chi connectivity index (χ1v) is 17.4. The molecular weight excluding hydrogens is 630 g/mol. The molecule has 0 spiro atoms. The molecule has 0 saturated carbocycles. The number of anilines is 1. The number of amides is 2. The van der Waals surface area contributed by atoms with Crippen LogP contribution in [-0.2, 0) is 32.6 Å². The predicted octanol–water partition coefficient (Wildman–Crippen LogP) is 6.04. The van der Waals surface area contributed by atoms with E-state index in [9.17, 15) is 18.0 Å². The van der Waals surface area contributed by atoms with E-state index in [4.69, 9.17) is 16.3 Å². The largest absolute Gasteiger partial charge is 0.494 e. The molecule has 0 radical (unpaired) electrons. The van der Waals surface area contributed by atoms with E-state index < -0.39 is 28.5 Å². The number of hydrogen-bond donors (Lipinski definition) is 1. The van der Waals surface area contributed by atoms with Crippen molar-refractivity contribution in [1.82, 2.24) is 10.2 Å². The summed E-state index contributed by atoms with van der Waals surface area (Å²) in [5.41, 5.74) is 1.74. The van der Waals surface area contributed by atoms with Crippen LogP contribution < -0.4 is 14.4 Å². The average molecular weight is 666 g/mol. The Kier molecular flexibility index (Phi) is 11.9. The Bertz CT molecular complexity index is 1690. The molecule has 45 heavy (non-hydrogen) atoms. The van der Waals surface area contributed by atoms with Crippen LogP contribution in [0.2, 0.25) is 5.02 Å². The highest BCUT2D eigenvalue weighted by molar-refractivity contribution is 7.98. The minimum Gasteiger partial charge on any atom is -0.494 e. The lowest BCUT2D eigenvalue weighted by molar-refractivity contribution is -0.139. The average Bonchev–Trinajstić information content (AvgIpc) is 3.06. The second kappa shape index (κ2) is 15.8. The van der Waals surface area contributed by atoms with Crippen molar-refractivity contribution in [3.05, 3.63) is 119 Å². The second-order valence-corrected chi connectivity index (χ2v) is 13.2. The SMILES string of the molecule is CCOc1ccc(N(CC(=O)N(Cc2ccccc2Cl)C(Cc2ccccc2)C(=O)NC)S(=O)(=O)c2ccc(SC)cc2)cc1. The number of sulfonamides is 1. The van der Waals surface area contributed by atoms with Crippen molar-refractivity contribution >= 4 is 50.9 Å². The number of nitrogens with one attached hydrogen (secondary N) is 1. The van der Waals surface area contributed by atoms with Crippen LogP contribution in [0, 0.1) is 0 Å². The van der Waals surface area contributed by atoms with Crippen molar-refractivity contribution in [3.8, 4) is 5.75 Å². The van der Waals surface area contributed by atoms with Crippen LogP contribution in [0.3, 0.4) is 0 Å². The lowest BCUT2D eigenvalue weighted by Crippen LogP contribution is -2.53. The number of halogens is 1. The summed E-state index contributed by atoms with van der Waals surface area (Å²) in [4.78, 5) is 30.1. The van der Waals surface area contributed by atoms with Gasteiger partial charge < -0.3 is 15.0 Å². The zero-order chi connectivity index (χ0) is 32.4. The lowest BCUT2D eigenvalue weighted by Gasteiger charge is -2.33. The molecule has 0 fully saturated rings. The van der Waals surface area contributed by atoms with E-state index in [-0.39, 0.29) is 29.5 Å². The van der Waals surface area contributed by atoms with Crippen molar-refractivity contribution in [2.45, 2.75) is 35.7 Å². The molecule has 0 bridgehead atoms. The molecule has 1 N–H and O–H groups in total. The van der Waals surface area contributed by atoms with E-state index in [0.717, 1.165) is 14.8 Å². The zero-order valence-electron chi connectivity index (χ0n) is 25.4. The minimum absolute atomic E-state index is 0.0109.